The molecule has 23 heavy (non-hydrogen) atoms. The lowest BCUT2D eigenvalue weighted by molar-refractivity contribution is 0.193. The minimum absolute atomic E-state index is 0.0728. The summed E-state index contributed by atoms with van der Waals surface area (Å²) in [6, 6.07) is 6.23. The van der Waals surface area contributed by atoms with E-state index in [4.69, 9.17) is 4.52 Å². The molecule has 1 aliphatic heterocycles. The van der Waals surface area contributed by atoms with Crippen molar-refractivity contribution < 1.29 is 13.7 Å². The fourth-order valence-corrected chi connectivity index (χ4v) is 2.89. The van der Waals surface area contributed by atoms with E-state index in [9.17, 15) is 9.18 Å². The van der Waals surface area contributed by atoms with Gasteiger partial charge in [-0.3, -0.25) is 0 Å². The van der Waals surface area contributed by atoms with E-state index in [-0.39, 0.29) is 17.9 Å². The smallest absolute Gasteiger partial charge is 0.317 e. The van der Waals surface area contributed by atoms with Gasteiger partial charge in [0.15, 0.2) is 5.82 Å². The van der Waals surface area contributed by atoms with Crippen LogP contribution in [-0.2, 0) is 6.42 Å². The Morgan fingerprint density at radius 3 is 3.13 bits per heavy atom. The number of urea groups is 1. The summed E-state index contributed by atoms with van der Waals surface area (Å²) in [5.41, 5.74) is 0.838. The third kappa shape index (κ3) is 3.67. The van der Waals surface area contributed by atoms with E-state index in [0.29, 0.717) is 31.2 Å². The van der Waals surface area contributed by atoms with Crippen LogP contribution in [0.15, 0.2) is 28.8 Å². The molecule has 7 heteroatoms. The minimum Gasteiger partial charge on any atom is -0.339 e. The van der Waals surface area contributed by atoms with Crippen molar-refractivity contribution in [3.63, 3.8) is 0 Å². The van der Waals surface area contributed by atoms with Crippen molar-refractivity contribution in [2.45, 2.75) is 32.2 Å². The number of amides is 2. The van der Waals surface area contributed by atoms with Gasteiger partial charge in [0, 0.05) is 19.5 Å². The third-order valence-electron chi connectivity index (χ3n) is 3.93. The van der Waals surface area contributed by atoms with Gasteiger partial charge in [-0.1, -0.05) is 17.3 Å². The summed E-state index contributed by atoms with van der Waals surface area (Å²) in [6.45, 7) is 2.85. The normalized spacial score (nSPS) is 17.5. The molecule has 122 valence electrons. The molecule has 1 aromatic carbocycles. The second-order valence-corrected chi connectivity index (χ2v) is 5.62. The minimum atomic E-state index is -0.276. The number of rotatable bonds is 4. The SMILES string of the molecule is Cc1noc(CCNC(=O)N2CCCC2c2cccc(F)c2)n1. The molecular weight excluding hydrogens is 299 g/mol. The molecule has 3 rings (SSSR count). The predicted molar refractivity (Wildman–Crippen MR) is 81.2 cm³/mol. The average Bonchev–Trinajstić information content (AvgIpc) is 3.16. The Morgan fingerprint density at radius 1 is 1.52 bits per heavy atom. The largest absolute Gasteiger partial charge is 0.339 e. The number of halogens is 1. The number of carbonyl (C=O) groups excluding carboxylic acids is 1. The van der Waals surface area contributed by atoms with Crippen LogP contribution in [0, 0.1) is 12.7 Å². The maximum atomic E-state index is 13.4. The molecule has 1 aliphatic rings. The first-order valence-corrected chi connectivity index (χ1v) is 7.72. The summed E-state index contributed by atoms with van der Waals surface area (Å²) in [4.78, 5) is 18.2. The second kappa shape index (κ2) is 6.76. The molecule has 1 unspecified atom stereocenters. The maximum absolute atomic E-state index is 13.4. The van der Waals surface area contributed by atoms with Crippen LogP contribution in [0.1, 0.15) is 36.2 Å². The lowest BCUT2D eigenvalue weighted by atomic mass is 10.0. The van der Waals surface area contributed by atoms with Gasteiger partial charge in [-0.2, -0.15) is 4.98 Å². The molecule has 1 aromatic heterocycles. The highest BCUT2D eigenvalue weighted by molar-refractivity contribution is 5.75. The number of nitrogens with zero attached hydrogens (tertiary/aromatic N) is 3. The molecule has 1 saturated heterocycles. The number of aromatic nitrogens is 2. The van der Waals surface area contributed by atoms with Crippen LogP contribution in [0.4, 0.5) is 9.18 Å². The van der Waals surface area contributed by atoms with E-state index in [1.165, 1.54) is 12.1 Å². The van der Waals surface area contributed by atoms with Crippen molar-refractivity contribution >= 4 is 6.03 Å². The van der Waals surface area contributed by atoms with Crippen LogP contribution in [0.2, 0.25) is 0 Å². The van der Waals surface area contributed by atoms with E-state index in [1.807, 2.05) is 6.07 Å². The van der Waals surface area contributed by atoms with Crippen molar-refractivity contribution in [3.8, 4) is 0 Å². The zero-order valence-electron chi connectivity index (χ0n) is 13.0. The van der Waals surface area contributed by atoms with Gasteiger partial charge in [0.25, 0.3) is 0 Å². The summed E-state index contributed by atoms with van der Waals surface area (Å²) >= 11 is 0. The summed E-state index contributed by atoms with van der Waals surface area (Å²) in [7, 11) is 0. The van der Waals surface area contributed by atoms with E-state index >= 15 is 0 Å². The van der Waals surface area contributed by atoms with Crippen LogP contribution in [0.5, 0.6) is 0 Å². The molecule has 0 saturated carbocycles. The Hall–Kier alpha value is -2.44. The first-order chi connectivity index (χ1) is 11.1. The number of nitrogens with one attached hydrogen (secondary N) is 1. The molecule has 0 aliphatic carbocycles. The zero-order chi connectivity index (χ0) is 16.2. The monoisotopic (exact) mass is 318 g/mol. The van der Waals surface area contributed by atoms with Crippen molar-refractivity contribution in [1.82, 2.24) is 20.4 Å². The van der Waals surface area contributed by atoms with Crippen molar-refractivity contribution in [2.75, 3.05) is 13.1 Å². The van der Waals surface area contributed by atoms with Gasteiger partial charge in [-0.05, 0) is 37.5 Å². The Morgan fingerprint density at radius 2 is 2.39 bits per heavy atom. The van der Waals surface area contributed by atoms with Gasteiger partial charge in [0.05, 0.1) is 6.04 Å². The third-order valence-corrected chi connectivity index (χ3v) is 3.93. The molecule has 0 bridgehead atoms. The van der Waals surface area contributed by atoms with E-state index < -0.39 is 0 Å². The summed E-state index contributed by atoms with van der Waals surface area (Å²) in [6.07, 6.45) is 2.25. The molecule has 1 fully saturated rings. The topological polar surface area (TPSA) is 71.3 Å². The molecular formula is C16H19FN4O2. The van der Waals surface area contributed by atoms with E-state index in [2.05, 4.69) is 15.5 Å². The average molecular weight is 318 g/mol. The number of aryl methyl sites for hydroxylation is 1. The van der Waals surface area contributed by atoms with Crippen LogP contribution < -0.4 is 5.32 Å². The van der Waals surface area contributed by atoms with Crippen LogP contribution in [0.25, 0.3) is 0 Å². The van der Waals surface area contributed by atoms with Gasteiger partial charge < -0.3 is 14.7 Å². The fourth-order valence-electron chi connectivity index (χ4n) is 2.89. The number of benzene rings is 1. The summed E-state index contributed by atoms with van der Waals surface area (Å²) in [5.74, 6) is 0.810. The predicted octanol–water partition coefficient (Wildman–Crippen LogP) is 2.61. The number of carbonyl (C=O) groups is 1. The van der Waals surface area contributed by atoms with Gasteiger partial charge in [0.2, 0.25) is 5.89 Å². The van der Waals surface area contributed by atoms with E-state index in [0.717, 1.165) is 18.4 Å². The Bertz CT molecular complexity index is 688. The molecule has 2 aromatic rings. The molecule has 0 radical (unpaired) electrons. The van der Waals surface area contributed by atoms with Crippen LogP contribution in [-0.4, -0.2) is 34.2 Å². The van der Waals surface area contributed by atoms with Crippen molar-refractivity contribution in [1.29, 1.82) is 0 Å². The first-order valence-electron chi connectivity index (χ1n) is 7.72. The second-order valence-electron chi connectivity index (χ2n) is 5.62. The lowest BCUT2D eigenvalue weighted by Crippen LogP contribution is -2.40. The Labute approximate surface area is 133 Å². The Balaban J connectivity index is 1.57. The molecule has 2 heterocycles. The number of hydrogen-bond donors (Lipinski definition) is 1. The number of hydrogen-bond acceptors (Lipinski definition) is 4. The summed E-state index contributed by atoms with van der Waals surface area (Å²) in [5, 5.41) is 6.57. The Kier molecular flexibility index (Phi) is 4.55. The standard InChI is InChI=1S/C16H19FN4O2/c1-11-19-15(23-20-11)7-8-18-16(22)21-9-3-6-14(21)12-4-2-5-13(17)10-12/h2,4-5,10,14H,3,6-9H2,1H3,(H,18,22). The van der Waals surface area contributed by atoms with Crippen LogP contribution in [0.3, 0.4) is 0 Å². The van der Waals surface area contributed by atoms with Gasteiger partial charge in [-0.25, -0.2) is 9.18 Å². The molecule has 2 amide bonds. The quantitative estimate of drug-likeness (QED) is 0.940. The molecule has 1 N–H and O–H groups in total. The molecule has 0 spiro atoms. The van der Waals surface area contributed by atoms with Crippen LogP contribution >= 0.6 is 0 Å². The fraction of sp³-hybridized carbons (Fsp3) is 0.438. The summed E-state index contributed by atoms with van der Waals surface area (Å²) < 4.78 is 18.4. The number of likely N-dealkylation sites (tertiary alicyclic amines) is 1. The van der Waals surface area contributed by atoms with Crippen molar-refractivity contribution in [2.24, 2.45) is 0 Å². The maximum Gasteiger partial charge on any atom is 0.317 e. The van der Waals surface area contributed by atoms with Gasteiger partial charge in [0.1, 0.15) is 5.82 Å². The van der Waals surface area contributed by atoms with Gasteiger partial charge in [-0.15, -0.1) is 0 Å². The zero-order valence-corrected chi connectivity index (χ0v) is 13.0. The molecule has 1 atom stereocenters. The van der Waals surface area contributed by atoms with Gasteiger partial charge >= 0.3 is 6.03 Å². The van der Waals surface area contributed by atoms with E-state index in [1.54, 1.807) is 17.9 Å². The highest BCUT2D eigenvalue weighted by atomic mass is 19.1. The molecule has 6 nitrogen and oxygen atoms in total. The lowest BCUT2D eigenvalue weighted by Gasteiger charge is -2.25. The highest BCUT2D eigenvalue weighted by Crippen LogP contribution is 2.31. The van der Waals surface area contributed by atoms with Crippen molar-refractivity contribution in [3.05, 3.63) is 47.4 Å². The first kappa shape index (κ1) is 15.5. The highest BCUT2D eigenvalue weighted by Gasteiger charge is 2.29.